The highest BCUT2D eigenvalue weighted by Crippen LogP contribution is 2.32. The summed E-state index contributed by atoms with van der Waals surface area (Å²) in [6.45, 7) is 4.70. The number of nitrogens with zero attached hydrogens (tertiary/aromatic N) is 2. The summed E-state index contributed by atoms with van der Waals surface area (Å²) in [5.41, 5.74) is -0.121. The maximum Gasteiger partial charge on any atom is 0.163 e. The van der Waals surface area contributed by atoms with Crippen LogP contribution in [0.3, 0.4) is 0 Å². The number of likely N-dealkylation sites (tertiary alicyclic amines) is 2. The van der Waals surface area contributed by atoms with E-state index in [9.17, 15) is 9.50 Å². The van der Waals surface area contributed by atoms with Crippen molar-refractivity contribution in [2.75, 3.05) is 46.9 Å². The van der Waals surface area contributed by atoms with Crippen LogP contribution in [0, 0.1) is 5.82 Å². The van der Waals surface area contributed by atoms with E-state index in [2.05, 4.69) is 9.80 Å². The molecule has 0 amide bonds. The highest BCUT2D eigenvalue weighted by atomic mass is 19.1. The largest absolute Gasteiger partial charge is 0.493 e. The van der Waals surface area contributed by atoms with Gasteiger partial charge in [-0.1, -0.05) is 6.42 Å². The Morgan fingerprint density at radius 2 is 1.72 bits per heavy atom. The van der Waals surface area contributed by atoms with Gasteiger partial charge in [0.05, 0.1) is 19.8 Å². The molecule has 2 aliphatic heterocycles. The second-order valence-corrected chi connectivity index (χ2v) is 7.32. The number of methoxy groups -OCH3 is 2. The summed E-state index contributed by atoms with van der Waals surface area (Å²) in [5, 5.41) is 10.9. The molecule has 1 N–H and O–H groups in total. The minimum absolute atomic E-state index is 0.302. The lowest BCUT2D eigenvalue weighted by Gasteiger charge is -2.33. The summed E-state index contributed by atoms with van der Waals surface area (Å²) in [7, 11) is 3.05. The first kappa shape index (κ1) is 18.4. The van der Waals surface area contributed by atoms with Crippen LogP contribution in [-0.2, 0) is 6.54 Å². The van der Waals surface area contributed by atoms with E-state index in [1.807, 2.05) is 0 Å². The third-order valence-electron chi connectivity index (χ3n) is 5.32. The summed E-state index contributed by atoms with van der Waals surface area (Å²) in [6.07, 6.45) is 4.46. The molecule has 1 aromatic rings. The number of ether oxygens (including phenoxy) is 2. The van der Waals surface area contributed by atoms with E-state index in [1.54, 1.807) is 13.2 Å². The van der Waals surface area contributed by atoms with Crippen molar-refractivity contribution in [2.45, 2.75) is 37.8 Å². The van der Waals surface area contributed by atoms with Gasteiger partial charge >= 0.3 is 0 Å². The van der Waals surface area contributed by atoms with E-state index in [0.717, 1.165) is 32.6 Å². The van der Waals surface area contributed by atoms with Gasteiger partial charge in [-0.05, 0) is 38.4 Å². The summed E-state index contributed by atoms with van der Waals surface area (Å²) in [4.78, 5) is 4.48. The van der Waals surface area contributed by atoms with E-state index < -0.39 is 5.60 Å². The SMILES string of the molecule is COc1cc(F)c(CN2CC[C@@](O)(CN3CCCCC3)C2)cc1OC. The second-order valence-electron chi connectivity index (χ2n) is 7.32. The lowest BCUT2D eigenvalue weighted by atomic mass is 10.0. The number of hydrogen-bond acceptors (Lipinski definition) is 5. The summed E-state index contributed by atoms with van der Waals surface area (Å²) >= 11 is 0. The quantitative estimate of drug-likeness (QED) is 0.851. The Labute approximate surface area is 149 Å². The Morgan fingerprint density at radius 3 is 2.40 bits per heavy atom. The zero-order valence-corrected chi connectivity index (χ0v) is 15.3. The van der Waals surface area contributed by atoms with Crippen molar-refractivity contribution in [3.8, 4) is 11.5 Å². The number of piperidine rings is 1. The van der Waals surface area contributed by atoms with E-state index in [-0.39, 0.29) is 5.82 Å². The predicted molar refractivity (Wildman–Crippen MR) is 94.6 cm³/mol. The van der Waals surface area contributed by atoms with Crippen LogP contribution in [0.5, 0.6) is 11.5 Å². The van der Waals surface area contributed by atoms with Crippen LogP contribution in [-0.4, -0.2) is 67.5 Å². The molecule has 0 unspecified atom stereocenters. The average molecular weight is 352 g/mol. The molecule has 0 bridgehead atoms. The van der Waals surface area contributed by atoms with Crippen LogP contribution < -0.4 is 9.47 Å². The monoisotopic (exact) mass is 352 g/mol. The van der Waals surface area contributed by atoms with Gasteiger partial charge in [0.2, 0.25) is 0 Å². The van der Waals surface area contributed by atoms with Crippen molar-refractivity contribution in [3.05, 3.63) is 23.5 Å². The van der Waals surface area contributed by atoms with Crippen LogP contribution in [0.4, 0.5) is 4.39 Å². The molecule has 0 aliphatic carbocycles. The van der Waals surface area contributed by atoms with Gasteiger partial charge in [-0.25, -0.2) is 4.39 Å². The van der Waals surface area contributed by atoms with Gasteiger partial charge in [0.15, 0.2) is 11.5 Å². The molecule has 3 rings (SSSR count). The molecular formula is C19H29FN2O3. The molecule has 2 fully saturated rings. The van der Waals surface area contributed by atoms with Crippen molar-refractivity contribution in [2.24, 2.45) is 0 Å². The van der Waals surface area contributed by atoms with Gasteiger partial charge in [-0.3, -0.25) is 4.90 Å². The first-order chi connectivity index (χ1) is 12.0. The molecule has 2 aliphatic rings. The zero-order chi connectivity index (χ0) is 17.9. The first-order valence-corrected chi connectivity index (χ1v) is 9.10. The van der Waals surface area contributed by atoms with E-state index in [4.69, 9.17) is 9.47 Å². The van der Waals surface area contributed by atoms with Crippen LogP contribution in [0.2, 0.25) is 0 Å². The lowest BCUT2D eigenvalue weighted by molar-refractivity contribution is 0.00627. The van der Waals surface area contributed by atoms with Gasteiger partial charge < -0.3 is 19.5 Å². The Balaban J connectivity index is 1.62. The Bertz CT molecular complexity index is 592. The molecule has 0 radical (unpaired) electrons. The maximum atomic E-state index is 14.3. The molecule has 25 heavy (non-hydrogen) atoms. The molecule has 0 saturated carbocycles. The molecule has 140 valence electrons. The Kier molecular flexibility index (Phi) is 5.81. The zero-order valence-electron chi connectivity index (χ0n) is 15.3. The molecule has 1 aromatic carbocycles. The van der Waals surface area contributed by atoms with Gasteiger partial charge in [0.1, 0.15) is 5.82 Å². The minimum atomic E-state index is -0.690. The fourth-order valence-electron chi connectivity index (χ4n) is 4.00. The minimum Gasteiger partial charge on any atom is -0.493 e. The molecule has 0 spiro atoms. The molecule has 2 saturated heterocycles. The van der Waals surface area contributed by atoms with Crippen molar-refractivity contribution >= 4 is 0 Å². The highest BCUT2D eigenvalue weighted by molar-refractivity contribution is 5.43. The van der Waals surface area contributed by atoms with Gasteiger partial charge in [0, 0.05) is 37.8 Å². The van der Waals surface area contributed by atoms with Crippen molar-refractivity contribution < 1.29 is 19.0 Å². The number of β-amino-alcohol motifs (C(OH)–C–C–N with tert-alkyl or cyclic N) is 1. The first-order valence-electron chi connectivity index (χ1n) is 9.10. The van der Waals surface area contributed by atoms with Crippen LogP contribution in [0.15, 0.2) is 12.1 Å². The van der Waals surface area contributed by atoms with Crippen molar-refractivity contribution in [1.82, 2.24) is 9.80 Å². The van der Waals surface area contributed by atoms with Gasteiger partial charge in [0.25, 0.3) is 0 Å². The topological polar surface area (TPSA) is 45.2 Å². The average Bonchev–Trinajstić information content (AvgIpc) is 2.97. The number of aliphatic hydroxyl groups is 1. The third-order valence-corrected chi connectivity index (χ3v) is 5.32. The fourth-order valence-corrected chi connectivity index (χ4v) is 4.00. The van der Waals surface area contributed by atoms with Crippen molar-refractivity contribution in [1.29, 1.82) is 0 Å². The second kappa shape index (κ2) is 7.89. The highest BCUT2D eigenvalue weighted by Gasteiger charge is 2.37. The molecule has 6 heteroatoms. The lowest BCUT2D eigenvalue weighted by Crippen LogP contribution is -2.46. The number of benzene rings is 1. The van der Waals surface area contributed by atoms with Crippen LogP contribution in [0.25, 0.3) is 0 Å². The number of halogens is 1. The van der Waals surface area contributed by atoms with Gasteiger partial charge in [-0.2, -0.15) is 0 Å². The predicted octanol–water partition coefficient (Wildman–Crippen LogP) is 2.27. The Morgan fingerprint density at radius 1 is 1.04 bits per heavy atom. The van der Waals surface area contributed by atoms with Gasteiger partial charge in [-0.15, -0.1) is 0 Å². The van der Waals surface area contributed by atoms with E-state index in [1.165, 1.54) is 32.4 Å². The van der Waals surface area contributed by atoms with Crippen LogP contribution >= 0.6 is 0 Å². The number of hydrogen-bond donors (Lipinski definition) is 1. The standard InChI is InChI=1S/C19H29FN2O3/c1-24-17-10-15(16(20)11-18(17)25-2)12-22-9-6-19(23,14-22)13-21-7-4-3-5-8-21/h10-11,23H,3-9,12-14H2,1-2H3/t19-/m1/s1. The Hall–Kier alpha value is -1.37. The van der Waals surface area contributed by atoms with Crippen molar-refractivity contribution in [3.63, 3.8) is 0 Å². The maximum absolute atomic E-state index is 14.3. The summed E-state index contributed by atoms with van der Waals surface area (Å²) < 4.78 is 24.7. The van der Waals surface area contributed by atoms with E-state index in [0.29, 0.717) is 30.2 Å². The molecule has 5 nitrogen and oxygen atoms in total. The van der Waals surface area contributed by atoms with E-state index >= 15 is 0 Å². The van der Waals surface area contributed by atoms with Crippen LogP contribution in [0.1, 0.15) is 31.2 Å². The molecule has 0 aromatic heterocycles. The molecule has 1 atom stereocenters. The smallest absolute Gasteiger partial charge is 0.163 e. The summed E-state index contributed by atoms with van der Waals surface area (Å²) in [5.74, 6) is 0.623. The number of rotatable bonds is 6. The molecular weight excluding hydrogens is 323 g/mol. The summed E-state index contributed by atoms with van der Waals surface area (Å²) in [6, 6.07) is 3.06. The molecule has 2 heterocycles. The normalized spacial score (nSPS) is 25.3. The fraction of sp³-hybridized carbons (Fsp3) is 0.684. The third kappa shape index (κ3) is 4.43.